The monoisotopic (exact) mass is 453 g/mol. The summed E-state index contributed by atoms with van der Waals surface area (Å²) in [6, 6.07) is 22.4. The SMILES string of the molecule is CC(=O)NC(Cc1ccc(OS(=O)(=O)c2ccccc2)cc1)C(=O)OCc1ccccc1. The number of hydrogen-bond donors (Lipinski definition) is 1. The normalized spacial score (nSPS) is 11.9. The van der Waals surface area contributed by atoms with Gasteiger partial charge in [-0.1, -0.05) is 60.7 Å². The van der Waals surface area contributed by atoms with E-state index in [9.17, 15) is 18.0 Å². The van der Waals surface area contributed by atoms with Gasteiger partial charge in [0.15, 0.2) is 0 Å². The molecule has 0 saturated carbocycles. The lowest BCUT2D eigenvalue weighted by Crippen LogP contribution is -2.42. The maximum Gasteiger partial charge on any atom is 0.339 e. The first kappa shape index (κ1) is 23.0. The van der Waals surface area contributed by atoms with E-state index in [0.29, 0.717) is 5.56 Å². The van der Waals surface area contributed by atoms with Gasteiger partial charge < -0.3 is 14.2 Å². The van der Waals surface area contributed by atoms with Crippen LogP contribution in [0.4, 0.5) is 0 Å². The molecular formula is C24H23NO6S. The van der Waals surface area contributed by atoms with Crippen molar-refractivity contribution >= 4 is 22.0 Å². The van der Waals surface area contributed by atoms with Gasteiger partial charge >= 0.3 is 16.1 Å². The van der Waals surface area contributed by atoms with Gasteiger partial charge in [0, 0.05) is 13.3 Å². The Morgan fingerprint density at radius 3 is 2.03 bits per heavy atom. The van der Waals surface area contributed by atoms with Crippen molar-refractivity contribution in [1.29, 1.82) is 0 Å². The molecule has 8 heteroatoms. The Bertz CT molecular complexity index is 1150. The predicted molar refractivity (Wildman–Crippen MR) is 118 cm³/mol. The number of carbonyl (C=O) groups excluding carboxylic acids is 2. The van der Waals surface area contributed by atoms with E-state index in [2.05, 4.69) is 5.32 Å². The summed E-state index contributed by atoms with van der Waals surface area (Å²) in [4.78, 5) is 24.1. The number of hydrogen-bond acceptors (Lipinski definition) is 6. The molecule has 0 fully saturated rings. The highest BCUT2D eigenvalue weighted by atomic mass is 32.2. The van der Waals surface area contributed by atoms with Crippen LogP contribution in [0, 0.1) is 0 Å². The third kappa shape index (κ3) is 6.68. The molecule has 166 valence electrons. The van der Waals surface area contributed by atoms with E-state index in [1.54, 1.807) is 30.3 Å². The van der Waals surface area contributed by atoms with Gasteiger partial charge in [0.05, 0.1) is 0 Å². The Hall–Kier alpha value is -3.65. The molecule has 0 aromatic heterocycles. The summed E-state index contributed by atoms with van der Waals surface area (Å²) >= 11 is 0. The van der Waals surface area contributed by atoms with Crippen LogP contribution >= 0.6 is 0 Å². The first-order valence-corrected chi connectivity index (χ1v) is 11.3. The molecule has 0 bridgehead atoms. The standard InChI is InChI=1S/C24H23NO6S/c1-18(26)25-23(24(27)30-17-20-8-4-2-5-9-20)16-19-12-14-21(15-13-19)31-32(28,29)22-10-6-3-7-11-22/h2-15,23H,16-17H2,1H3,(H,25,26). The molecule has 3 aromatic carbocycles. The molecule has 0 aliphatic carbocycles. The van der Waals surface area contributed by atoms with Crippen LogP contribution < -0.4 is 9.50 Å². The number of carbonyl (C=O) groups is 2. The molecule has 0 saturated heterocycles. The molecule has 1 unspecified atom stereocenters. The Morgan fingerprint density at radius 1 is 0.844 bits per heavy atom. The summed E-state index contributed by atoms with van der Waals surface area (Å²) in [6.45, 7) is 1.42. The second-order valence-corrected chi connectivity index (χ2v) is 8.59. The zero-order valence-corrected chi connectivity index (χ0v) is 18.2. The molecule has 0 aliphatic rings. The van der Waals surface area contributed by atoms with E-state index in [1.807, 2.05) is 30.3 Å². The molecule has 3 rings (SSSR count). The molecular weight excluding hydrogens is 430 g/mol. The molecule has 1 amide bonds. The summed E-state index contributed by atoms with van der Waals surface area (Å²) in [6.07, 6.45) is 0.179. The number of esters is 1. The van der Waals surface area contributed by atoms with Crippen LogP contribution in [0.5, 0.6) is 5.75 Å². The average Bonchev–Trinajstić information content (AvgIpc) is 2.79. The van der Waals surface area contributed by atoms with Crippen molar-refractivity contribution in [3.8, 4) is 5.75 Å². The van der Waals surface area contributed by atoms with E-state index in [1.165, 1.54) is 31.2 Å². The van der Waals surface area contributed by atoms with E-state index >= 15 is 0 Å². The summed E-state index contributed by atoms with van der Waals surface area (Å²) < 4.78 is 35.2. The van der Waals surface area contributed by atoms with Crippen LogP contribution in [-0.2, 0) is 37.5 Å². The Morgan fingerprint density at radius 2 is 1.44 bits per heavy atom. The lowest BCUT2D eigenvalue weighted by Gasteiger charge is -2.17. The molecule has 1 atom stereocenters. The average molecular weight is 454 g/mol. The van der Waals surface area contributed by atoms with Crippen molar-refractivity contribution in [3.05, 3.63) is 96.1 Å². The van der Waals surface area contributed by atoms with Gasteiger partial charge in [-0.3, -0.25) is 4.79 Å². The van der Waals surface area contributed by atoms with Gasteiger partial charge in [-0.25, -0.2) is 4.79 Å². The minimum atomic E-state index is -3.94. The zero-order valence-electron chi connectivity index (χ0n) is 17.4. The van der Waals surface area contributed by atoms with Crippen LogP contribution in [0.3, 0.4) is 0 Å². The molecule has 3 aromatic rings. The molecule has 0 radical (unpaired) electrons. The molecule has 0 spiro atoms. The number of benzene rings is 3. The molecule has 0 heterocycles. The smallest absolute Gasteiger partial charge is 0.339 e. The highest BCUT2D eigenvalue weighted by Gasteiger charge is 2.22. The van der Waals surface area contributed by atoms with E-state index in [0.717, 1.165) is 5.56 Å². The Labute approximate surface area is 187 Å². The minimum absolute atomic E-state index is 0.0518. The third-order valence-electron chi connectivity index (χ3n) is 4.49. The topological polar surface area (TPSA) is 98.8 Å². The summed E-state index contributed by atoms with van der Waals surface area (Å²) in [7, 11) is -3.94. The van der Waals surface area contributed by atoms with Crippen molar-refractivity contribution < 1.29 is 26.9 Å². The van der Waals surface area contributed by atoms with Crippen LogP contribution in [0.25, 0.3) is 0 Å². The molecule has 7 nitrogen and oxygen atoms in total. The van der Waals surface area contributed by atoms with Gasteiger partial charge in [-0.15, -0.1) is 0 Å². The number of ether oxygens (including phenoxy) is 1. The van der Waals surface area contributed by atoms with Gasteiger partial charge in [-0.2, -0.15) is 8.42 Å². The predicted octanol–water partition coefficient (Wildman–Crippen LogP) is 3.24. The highest BCUT2D eigenvalue weighted by molar-refractivity contribution is 7.87. The number of amides is 1. The maximum absolute atomic E-state index is 12.5. The summed E-state index contributed by atoms with van der Waals surface area (Å²) in [5, 5.41) is 2.60. The van der Waals surface area contributed by atoms with Gasteiger partial charge in [0.2, 0.25) is 5.91 Å². The van der Waals surface area contributed by atoms with Gasteiger partial charge in [0.1, 0.15) is 23.3 Å². The lowest BCUT2D eigenvalue weighted by molar-refractivity contribution is -0.149. The van der Waals surface area contributed by atoms with Crippen LogP contribution in [-0.4, -0.2) is 26.3 Å². The minimum Gasteiger partial charge on any atom is -0.459 e. The fraction of sp³-hybridized carbons (Fsp3) is 0.167. The van der Waals surface area contributed by atoms with Crippen molar-refractivity contribution in [2.45, 2.75) is 30.9 Å². The second kappa shape index (κ2) is 10.6. The summed E-state index contributed by atoms with van der Waals surface area (Å²) in [5.41, 5.74) is 1.54. The molecule has 0 aliphatic heterocycles. The zero-order chi connectivity index (χ0) is 23.0. The maximum atomic E-state index is 12.5. The van der Waals surface area contributed by atoms with Crippen molar-refractivity contribution in [2.24, 2.45) is 0 Å². The first-order chi connectivity index (χ1) is 15.3. The quantitative estimate of drug-likeness (QED) is 0.395. The fourth-order valence-electron chi connectivity index (χ4n) is 2.95. The van der Waals surface area contributed by atoms with E-state index in [4.69, 9.17) is 8.92 Å². The fourth-order valence-corrected chi connectivity index (χ4v) is 3.90. The summed E-state index contributed by atoms with van der Waals surface area (Å²) in [5.74, 6) is -0.781. The van der Waals surface area contributed by atoms with E-state index in [-0.39, 0.29) is 29.6 Å². The molecule has 32 heavy (non-hydrogen) atoms. The van der Waals surface area contributed by atoms with Crippen molar-refractivity contribution in [1.82, 2.24) is 5.32 Å². The number of nitrogens with one attached hydrogen (secondary N) is 1. The Kier molecular flexibility index (Phi) is 7.62. The van der Waals surface area contributed by atoms with Crippen LogP contribution in [0.2, 0.25) is 0 Å². The van der Waals surface area contributed by atoms with Gasteiger partial charge in [0.25, 0.3) is 0 Å². The second-order valence-electron chi connectivity index (χ2n) is 7.05. The lowest BCUT2D eigenvalue weighted by atomic mass is 10.1. The van der Waals surface area contributed by atoms with Crippen LogP contribution in [0.15, 0.2) is 89.8 Å². The Balaban J connectivity index is 1.65. The largest absolute Gasteiger partial charge is 0.459 e. The first-order valence-electron chi connectivity index (χ1n) is 9.89. The van der Waals surface area contributed by atoms with E-state index < -0.39 is 22.1 Å². The van der Waals surface area contributed by atoms with Crippen molar-refractivity contribution in [2.75, 3.05) is 0 Å². The van der Waals surface area contributed by atoms with Crippen LogP contribution in [0.1, 0.15) is 18.1 Å². The highest BCUT2D eigenvalue weighted by Crippen LogP contribution is 2.20. The van der Waals surface area contributed by atoms with Crippen molar-refractivity contribution in [3.63, 3.8) is 0 Å². The number of rotatable bonds is 9. The third-order valence-corrected chi connectivity index (χ3v) is 5.75. The van der Waals surface area contributed by atoms with Gasteiger partial charge in [-0.05, 0) is 35.4 Å². The molecule has 1 N–H and O–H groups in total.